The van der Waals surface area contributed by atoms with Gasteiger partial charge in [-0.25, -0.2) is 0 Å². The van der Waals surface area contributed by atoms with Crippen LogP contribution >= 0.6 is 23.5 Å². The van der Waals surface area contributed by atoms with Gasteiger partial charge in [0.2, 0.25) is 0 Å². The van der Waals surface area contributed by atoms with Gasteiger partial charge in [-0.15, -0.1) is 23.5 Å². The second-order valence-corrected chi connectivity index (χ2v) is 11.1. The van der Waals surface area contributed by atoms with Crippen LogP contribution in [0.15, 0.2) is 0 Å². The smallest absolute Gasteiger partial charge is 0.135 e. The summed E-state index contributed by atoms with van der Waals surface area (Å²) in [7, 11) is 4.28. The van der Waals surface area contributed by atoms with E-state index < -0.39 is 0 Å². The van der Waals surface area contributed by atoms with E-state index in [1.165, 1.54) is 32.4 Å². The molecule has 2 rings (SSSR count). The monoisotopic (exact) mass is 358 g/mol. The quantitative estimate of drug-likeness (QED) is 0.617. The van der Waals surface area contributed by atoms with Crippen LogP contribution in [-0.4, -0.2) is 71.4 Å². The zero-order chi connectivity index (χ0) is 16.9. The van der Waals surface area contributed by atoms with Crippen molar-refractivity contribution < 1.29 is 4.79 Å². The van der Waals surface area contributed by atoms with Crippen molar-refractivity contribution in [3.8, 4) is 0 Å². The number of hydrogen-bond acceptors (Lipinski definition) is 5. The highest BCUT2D eigenvalue weighted by molar-refractivity contribution is 8.18. The number of carbonyl (C=O) groups is 1. The molecule has 1 unspecified atom stereocenters. The first-order chi connectivity index (χ1) is 10.9. The van der Waals surface area contributed by atoms with E-state index in [-0.39, 0.29) is 9.49 Å². The molecule has 0 radical (unpaired) electrons. The topological polar surface area (TPSA) is 23.6 Å². The van der Waals surface area contributed by atoms with Crippen LogP contribution < -0.4 is 0 Å². The Morgan fingerprint density at radius 3 is 2.48 bits per heavy atom. The van der Waals surface area contributed by atoms with Crippen LogP contribution in [0.25, 0.3) is 0 Å². The minimum absolute atomic E-state index is 0.151. The average molecular weight is 359 g/mol. The highest BCUT2D eigenvalue weighted by atomic mass is 32.2. The number of hydrogen-bond donors (Lipinski definition) is 0. The van der Waals surface area contributed by atoms with Crippen molar-refractivity contribution in [3.05, 3.63) is 0 Å². The highest BCUT2D eigenvalue weighted by Crippen LogP contribution is 2.55. The fourth-order valence-electron chi connectivity index (χ4n) is 4.37. The molecule has 3 nitrogen and oxygen atoms in total. The third kappa shape index (κ3) is 5.38. The zero-order valence-corrected chi connectivity index (χ0v) is 17.0. The van der Waals surface area contributed by atoms with Gasteiger partial charge in [-0.1, -0.05) is 13.8 Å². The normalized spacial score (nSPS) is 28.1. The van der Waals surface area contributed by atoms with E-state index in [1.54, 1.807) is 0 Å². The third-order valence-corrected chi connectivity index (χ3v) is 8.01. The fraction of sp³-hybridized carbons (Fsp3) is 0.944. The Morgan fingerprint density at radius 2 is 1.87 bits per heavy atom. The van der Waals surface area contributed by atoms with Gasteiger partial charge in [0.05, 0.1) is 4.08 Å². The summed E-state index contributed by atoms with van der Waals surface area (Å²) in [5.74, 6) is 2.74. The molecule has 134 valence electrons. The average Bonchev–Trinajstić information content (AvgIpc) is 2.80. The van der Waals surface area contributed by atoms with E-state index in [4.69, 9.17) is 0 Å². The molecule has 0 amide bonds. The Bertz CT molecular complexity index is 396. The van der Waals surface area contributed by atoms with Crippen LogP contribution in [0, 0.1) is 5.41 Å². The summed E-state index contributed by atoms with van der Waals surface area (Å²) in [5.41, 5.74) is 0.262. The summed E-state index contributed by atoms with van der Waals surface area (Å²) in [6, 6.07) is 0. The predicted molar refractivity (Wildman–Crippen MR) is 105 cm³/mol. The first kappa shape index (κ1) is 19.6. The summed E-state index contributed by atoms with van der Waals surface area (Å²) in [6.45, 7) is 9.13. The van der Waals surface area contributed by atoms with Gasteiger partial charge in [0.25, 0.3) is 0 Å². The molecule has 23 heavy (non-hydrogen) atoms. The Labute approximate surface area is 151 Å². The van der Waals surface area contributed by atoms with Crippen molar-refractivity contribution in [2.75, 3.05) is 51.8 Å². The molecule has 1 atom stereocenters. The maximum atomic E-state index is 12.5. The van der Waals surface area contributed by atoms with Gasteiger partial charge < -0.3 is 9.80 Å². The molecular formula is C18H34N2OS2. The molecule has 1 saturated carbocycles. The fourth-order valence-corrected chi connectivity index (χ4v) is 7.80. The zero-order valence-electron chi connectivity index (χ0n) is 15.4. The lowest BCUT2D eigenvalue weighted by Crippen LogP contribution is -2.43. The van der Waals surface area contributed by atoms with Crippen LogP contribution in [0.2, 0.25) is 0 Å². The molecule has 0 aromatic carbocycles. The van der Waals surface area contributed by atoms with Gasteiger partial charge in [0.1, 0.15) is 5.78 Å². The number of ketones is 1. The highest BCUT2D eigenvalue weighted by Gasteiger charge is 2.50. The summed E-state index contributed by atoms with van der Waals surface area (Å²) >= 11 is 4.06. The van der Waals surface area contributed by atoms with Crippen molar-refractivity contribution >= 4 is 29.3 Å². The lowest BCUT2D eigenvalue weighted by Gasteiger charge is -2.45. The van der Waals surface area contributed by atoms with Gasteiger partial charge in [-0.2, -0.15) is 0 Å². The predicted octanol–water partition coefficient (Wildman–Crippen LogP) is 3.59. The molecule has 1 spiro atoms. The van der Waals surface area contributed by atoms with Crippen LogP contribution in [0.3, 0.4) is 0 Å². The van der Waals surface area contributed by atoms with Crippen molar-refractivity contribution in [1.82, 2.24) is 9.80 Å². The molecular weight excluding hydrogens is 324 g/mol. The second-order valence-electron chi connectivity index (χ2n) is 7.53. The molecule has 2 aliphatic rings. The molecule has 1 heterocycles. The van der Waals surface area contributed by atoms with Gasteiger partial charge in [-0.05, 0) is 69.9 Å². The molecule has 0 N–H and O–H groups in total. The van der Waals surface area contributed by atoms with Crippen molar-refractivity contribution in [3.63, 3.8) is 0 Å². The standard InChI is InChI=1S/C18H34N2OS2/c1-5-22-18(23-6-2)13-16(21)12-17(14-18)8-11-20(15-17)10-7-9-19(3)4/h5-15H2,1-4H3. The van der Waals surface area contributed by atoms with E-state index in [9.17, 15) is 4.79 Å². The number of likely N-dealkylation sites (tertiary alicyclic amines) is 1. The maximum absolute atomic E-state index is 12.5. The van der Waals surface area contributed by atoms with Crippen LogP contribution in [0.4, 0.5) is 0 Å². The number of nitrogens with zero attached hydrogens (tertiary/aromatic N) is 2. The number of rotatable bonds is 8. The van der Waals surface area contributed by atoms with E-state index in [0.29, 0.717) is 5.78 Å². The van der Waals surface area contributed by atoms with E-state index in [0.717, 1.165) is 37.4 Å². The van der Waals surface area contributed by atoms with Crippen molar-refractivity contribution in [2.45, 2.75) is 50.0 Å². The molecule has 5 heteroatoms. The van der Waals surface area contributed by atoms with Gasteiger partial charge in [0, 0.05) is 19.4 Å². The van der Waals surface area contributed by atoms with Crippen molar-refractivity contribution in [2.24, 2.45) is 5.41 Å². The van der Waals surface area contributed by atoms with Gasteiger partial charge in [0.15, 0.2) is 0 Å². The minimum Gasteiger partial charge on any atom is -0.309 e. The Kier molecular flexibility index (Phi) is 7.33. The molecule has 1 aliphatic heterocycles. The van der Waals surface area contributed by atoms with Gasteiger partial charge >= 0.3 is 0 Å². The Balaban J connectivity index is 1.99. The van der Waals surface area contributed by atoms with Crippen LogP contribution in [0.5, 0.6) is 0 Å². The van der Waals surface area contributed by atoms with E-state index >= 15 is 0 Å². The van der Waals surface area contributed by atoms with E-state index in [1.807, 2.05) is 23.5 Å². The summed E-state index contributed by atoms with van der Waals surface area (Å²) < 4.78 is 0.151. The molecule has 0 aromatic rings. The Morgan fingerprint density at radius 1 is 1.17 bits per heavy atom. The summed E-state index contributed by atoms with van der Waals surface area (Å²) in [6.07, 6.45) is 5.29. The first-order valence-electron chi connectivity index (χ1n) is 9.09. The maximum Gasteiger partial charge on any atom is 0.135 e. The number of carbonyl (C=O) groups excluding carboxylic acids is 1. The second kappa shape index (κ2) is 8.59. The minimum atomic E-state index is 0.151. The summed E-state index contributed by atoms with van der Waals surface area (Å²) in [5, 5.41) is 0. The molecule has 0 bridgehead atoms. The number of Topliss-reactive ketones (excluding diaryl/α,β-unsaturated/α-hetero) is 1. The molecule has 1 aliphatic carbocycles. The first-order valence-corrected chi connectivity index (χ1v) is 11.1. The van der Waals surface area contributed by atoms with E-state index in [2.05, 4.69) is 37.7 Å². The Hall–Kier alpha value is 0.290. The largest absolute Gasteiger partial charge is 0.309 e. The van der Waals surface area contributed by atoms with Crippen LogP contribution in [0.1, 0.15) is 46.0 Å². The molecule has 0 aromatic heterocycles. The SMILES string of the molecule is CCSC1(SCC)CC(=O)CC2(CCN(CCCN(C)C)C2)C1. The molecule has 2 fully saturated rings. The lowest BCUT2D eigenvalue weighted by atomic mass is 9.72. The lowest BCUT2D eigenvalue weighted by molar-refractivity contribution is -0.123. The van der Waals surface area contributed by atoms with Crippen molar-refractivity contribution in [1.29, 1.82) is 0 Å². The summed E-state index contributed by atoms with van der Waals surface area (Å²) in [4.78, 5) is 17.4. The third-order valence-electron chi connectivity index (χ3n) is 5.09. The van der Waals surface area contributed by atoms with Crippen LogP contribution in [-0.2, 0) is 4.79 Å². The number of thioether (sulfide) groups is 2. The van der Waals surface area contributed by atoms with Gasteiger partial charge in [-0.3, -0.25) is 4.79 Å². The molecule has 1 saturated heterocycles.